The van der Waals surface area contributed by atoms with Crippen molar-refractivity contribution in [3.05, 3.63) is 30.0 Å². The molecule has 2 aliphatic carbocycles. The van der Waals surface area contributed by atoms with Crippen molar-refractivity contribution >= 4 is 66.7 Å². The van der Waals surface area contributed by atoms with Gasteiger partial charge in [-0.15, -0.1) is 22.7 Å². The van der Waals surface area contributed by atoms with Gasteiger partial charge in [0.15, 0.2) is 0 Å². The topological polar surface area (TPSA) is 114 Å². The molecule has 2 saturated carbocycles. The van der Waals surface area contributed by atoms with E-state index < -0.39 is 0 Å². The predicted octanol–water partition coefficient (Wildman–Crippen LogP) is 8.36. The SMILES string of the molecule is C.CC(C)N=C=O.CC(C)NC(=O)OC1CCC(c2ncc(Br)s2)CC1.OC1CCC(c2ncc(Br)s2)CC1. The van der Waals surface area contributed by atoms with Gasteiger partial charge in [-0.3, -0.25) is 0 Å². The molecule has 8 nitrogen and oxygen atoms in total. The monoisotopic (exact) mass is 708 g/mol. The van der Waals surface area contributed by atoms with E-state index in [4.69, 9.17) is 4.74 Å². The van der Waals surface area contributed by atoms with Crippen molar-refractivity contribution in [2.75, 3.05) is 0 Å². The van der Waals surface area contributed by atoms with Gasteiger partial charge in [-0.05, 0) is 111 Å². The Morgan fingerprint density at radius 3 is 1.77 bits per heavy atom. The highest BCUT2D eigenvalue weighted by Crippen LogP contribution is 2.37. The number of aliphatic hydroxyl groups is 1. The summed E-state index contributed by atoms with van der Waals surface area (Å²) in [5.74, 6) is 1.10. The molecule has 2 N–H and O–H groups in total. The molecule has 2 heterocycles. The summed E-state index contributed by atoms with van der Waals surface area (Å²) in [6, 6.07) is 0.221. The second-order valence-electron chi connectivity index (χ2n) is 10.0. The van der Waals surface area contributed by atoms with Crippen LogP contribution in [0.4, 0.5) is 4.79 Å². The summed E-state index contributed by atoms with van der Waals surface area (Å²) >= 11 is 10.3. The number of carbonyl (C=O) groups excluding carboxylic acids is 2. The summed E-state index contributed by atoms with van der Waals surface area (Å²) in [5, 5.41) is 14.5. The first-order valence-corrected chi connectivity index (χ1v) is 16.2. The first-order valence-electron chi connectivity index (χ1n) is 13.0. The van der Waals surface area contributed by atoms with Crippen molar-refractivity contribution < 1.29 is 19.4 Å². The molecule has 4 rings (SSSR count). The summed E-state index contributed by atoms with van der Waals surface area (Å²) in [6.07, 6.45) is 12.8. The Morgan fingerprint density at radius 2 is 1.44 bits per heavy atom. The van der Waals surface area contributed by atoms with Crippen molar-refractivity contribution in [2.24, 2.45) is 4.99 Å². The second-order valence-corrected chi connectivity index (χ2v) is 14.9. The number of thiazole rings is 2. The minimum atomic E-state index is -0.296. The molecule has 0 bridgehead atoms. The Bertz CT molecular complexity index is 1010. The van der Waals surface area contributed by atoms with Crippen molar-refractivity contribution in [2.45, 2.75) is 123 Å². The number of halogens is 2. The molecule has 0 radical (unpaired) electrons. The van der Waals surface area contributed by atoms with Crippen LogP contribution in [0.25, 0.3) is 0 Å². The quantitative estimate of drug-likeness (QED) is 0.238. The normalized spacial score (nSPS) is 22.3. The highest BCUT2D eigenvalue weighted by Gasteiger charge is 2.27. The minimum Gasteiger partial charge on any atom is -0.446 e. The fraction of sp³-hybridized carbons (Fsp3) is 0.704. The van der Waals surface area contributed by atoms with E-state index in [1.54, 1.807) is 22.7 Å². The summed E-state index contributed by atoms with van der Waals surface area (Å²) in [6.45, 7) is 7.51. The fourth-order valence-electron chi connectivity index (χ4n) is 4.19. The first kappa shape index (κ1) is 35.9. The van der Waals surface area contributed by atoms with Crippen LogP contribution in [-0.4, -0.2) is 51.5 Å². The Kier molecular flexibility index (Phi) is 17.5. The van der Waals surface area contributed by atoms with E-state index >= 15 is 0 Å². The van der Waals surface area contributed by atoms with Crippen molar-refractivity contribution in [1.82, 2.24) is 15.3 Å². The maximum absolute atomic E-state index is 11.5. The van der Waals surface area contributed by atoms with E-state index in [0.29, 0.717) is 11.8 Å². The van der Waals surface area contributed by atoms with Gasteiger partial charge in [-0.2, -0.15) is 0 Å². The summed E-state index contributed by atoms with van der Waals surface area (Å²) in [7, 11) is 0. The number of hydrogen-bond acceptors (Lipinski definition) is 9. The van der Waals surface area contributed by atoms with E-state index in [2.05, 4.69) is 52.1 Å². The Hall–Kier alpha value is -1.17. The minimum absolute atomic E-state index is 0. The third-order valence-corrected chi connectivity index (χ3v) is 9.33. The lowest BCUT2D eigenvalue weighted by atomic mass is 9.88. The van der Waals surface area contributed by atoms with Crippen LogP contribution in [0.15, 0.2) is 25.0 Å². The number of rotatable bonds is 5. The average molecular weight is 711 g/mol. The van der Waals surface area contributed by atoms with Crippen LogP contribution >= 0.6 is 54.5 Å². The molecule has 220 valence electrons. The number of aliphatic hydroxyl groups excluding tert-OH is 1. The lowest BCUT2D eigenvalue weighted by Crippen LogP contribution is -2.34. The third kappa shape index (κ3) is 14.3. The lowest BCUT2D eigenvalue weighted by Gasteiger charge is -2.27. The van der Waals surface area contributed by atoms with E-state index in [9.17, 15) is 14.7 Å². The molecule has 12 heteroatoms. The number of hydrogen-bond donors (Lipinski definition) is 2. The third-order valence-electron chi connectivity index (χ3n) is 6.05. The standard InChI is InChI=1S/C13H19BrN2O2S.C9H12BrNOS.C4H7NO.CH4/c1-8(2)16-13(17)18-10-5-3-9(4-6-10)12-15-7-11(14)19-12;10-8-5-11-9(13-8)6-1-3-7(12)4-2-6;1-4(2)5-3-6;/h7-10H,3-6H2,1-2H3,(H,16,17);5-7,12H,1-4H2;4H,1-2H3;1H4. The lowest BCUT2D eigenvalue weighted by molar-refractivity contribution is 0.0699. The maximum Gasteiger partial charge on any atom is 0.407 e. The molecule has 2 aromatic rings. The highest BCUT2D eigenvalue weighted by atomic mass is 79.9. The molecule has 0 aliphatic heterocycles. The number of amides is 1. The van der Waals surface area contributed by atoms with Crippen molar-refractivity contribution in [1.29, 1.82) is 0 Å². The molecule has 1 amide bonds. The van der Waals surface area contributed by atoms with Gasteiger partial charge in [0.05, 0.1) is 42.1 Å². The number of nitrogens with one attached hydrogen (secondary N) is 1. The van der Waals surface area contributed by atoms with Gasteiger partial charge < -0.3 is 15.2 Å². The van der Waals surface area contributed by atoms with E-state index in [-0.39, 0.29) is 37.8 Å². The number of alkyl carbamates (subject to hydrolysis) is 1. The molecule has 0 saturated heterocycles. The van der Waals surface area contributed by atoms with Crippen LogP contribution in [0.5, 0.6) is 0 Å². The van der Waals surface area contributed by atoms with Gasteiger partial charge in [-0.25, -0.2) is 24.5 Å². The Morgan fingerprint density at radius 1 is 0.974 bits per heavy atom. The number of aliphatic imine (C=N–C) groups is 1. The molecule has 0 atom stereocenters. The smallest absolute Gasteiger partial charge is 0.407 e. The Labute approximate surface area is 257 Å². The van der Waals surface area contributed by atoms with Crippen LogP contribution in [-0.2, 0) is 9.53 Å². The maximum atomic E-state index is 11.5. The zero-order valence-corrected chi connectivity index (χ0v) is 27.2. The number of nitrogens with zero attached hydrogens (tertiary/aromatic N) is 3. The fourth-order valence-corrected chi connectivity index (χ4v) is 7.01. The van der Waals surface area contributed by atoms with Crippen LogP contribution < -0.4 is 5.32 Å². The van der Waals surface area contributed by atoms with Crippen LogP contribution in [0.1, 0.15) is 108 Å². The first-order chi connectivity index (χ1) is 18.1. The van der Waals surface area contributed by atoms with Gasteiger partial charge in [0.25, 0.3) is 0 Å². The molecule has 2 aromatic heterocycles. The van der Waals surface area contributed by atoms with Gasteiger partial charge in [-0.1, -0.05) is 7.43 Å². The molecule has 2 aliphatic rings. The summed E-state index contributed by atoms with van der Waals surface area (Å²) in [5.41, 5.74) is 0. The molecule has 0 aromatic carbocycles. The number of isocyanates is 1. The molecule has 2 fully saturated rings. The number of ether oxygens (including phenoxy) is 1. The number of aromatic nitrogens is 2. The van der Waals surface area contributed by atoms with Crippen LogP contribution in [0.3, 0.4) is 0 Å². The average Bonchev–Trinajstić information content (AvgIpc) is 3.48. The molecule has 0 spiro atoms. The van der Waals surface area contributed by atoms with Gasteiger partial charge in [0.2, 0.25) is 6.08 Å². The van der Waals surface area contributed by atoms with E-state index in [0.717, 1.165) is 58.9 Å². The van der Waals surface area contributed by atoms with Gasteiger partial charge >= 0.3 is 6.09 Å². The van der Waals surface area contributed by atoms with Gasteiger partial charge in [0.1, 0.15) is 6.10 Å². The van der Waals surface area contributed by atoms with Crippen LogP contribution in [0, 0.1) is 0 Å². The summed E-state index contributed by atoms with van der Waals surface area (Å²) < 4.78 is 7.60. The zero-order valence-electron chi connectivity index (χ0n) is 22.4. The molecular weight excluding hydrogens is 668 g/mol. The van der Waals surface area contributed by atoms with E-state index in [1.165, 1.54) is 16.1 Å². The van der Waals surface area contributed by atoms with Crippen molar-refractivity contribution in [3.8, 4) is 0 Å². The zero-order chi connectivity index (χ0) is 28.1. The molecule has 0 unspecified atom stereocenters. The Balaban J connectivity index is 0.000000330. The summed E-state index contributed by atoms with van der Waals surface area (Å²) in [4.78, 5) is 32.9. The molecular formula is C27H42Br2N4O4S2. The largest absolute Gasteiger partial charge is 0.446 e. The highest BCUT2D eigenvalue weighted by molar-refractivity contribution is 9.11. The molecule has 39 heavy (non-hydrogen) atoms. The predicted molar refractivity (Wildman–Crippen MR) is 167 cm³/mol. The van der Waals surface area contributed by atoms with Crippen LogP contribution in [0.2, 0.25) is 0 Å². The van der Waals surface area contributed by atoms with Gasteiger partial charge in [0, 0.05) is 17.9 Å². The van der Waals surface area contributed by atoms with Crippen molar-refractivity contribution in [3.63, 3.8) is 0 Å². The second kappa shape index (κ2) is 19.0. The van der Waals surface area contributed by atoms with E-state index in [1.807, 2.05) is 40.1 Å². The number of carbonyl (C=O) groups is 1.